The van der Waals surface area contributed by atoms with Crippen LogP contribution in [0.1, 0.15) is 108 Å². The van der Waals surface area contributed by atoms with E-state index in [1.807, 2.05) is 6.08 Å². The van der Waals surface area contributed by atoms with Gasteiger partial charge in [0.25, 0.3) is 0 Å². The number of nitrogens with zero attached hydrogens (tertiary/aromatic N) is 1. The van der Waals surface area contributed by atoms with Gasteiger partial charge in [0.2, 0.25) is 0 Å². The Bertz CT molecular complexity index is 756. The molecule has 4 nitrogen and oxygen atoms in total. The second kappa shape index (κ2) is 15.0. The molecule has 1 aromatic carbocycles. The molecule has 0 spiro atoms. The van der Waals surface area contributed by atoms with Crippen LogP contribution in [0.15, 0.2) is 30.4 Å². The van der Waals surface area contributed by atoms with Crippen molar-refractivity contribution < 1.29 is 14.9 Å². The lowest BCUT2D eigenvalue weighted by atomic mass is 9.86. The first-order valence-electron chi connectivity index (χ1n) is 14.6. The van der Waals surface area contributed by atoms with Crippen molar-refractivity contribution >= 4 is 0 Å². The molecule has 3 rings (SSSR count). The SMILES string of the molecule is CCCCC[C@H](O)/C=C/[C@@H]1[C@H]2c3cccc(CCCCN(CCCC)CCCC)c3O[C@H]2C[C@H]1O. The van der Waals surface area contributed by atoms with Gasteiger partial charge in [-0.15, -0.1) is 0 Å². The predicted octanol–water partition coefficient (Wildman–Crippen LogP) is 6.63. The topological polar surface area (TPSA) is 52.9 Å². The summed E-state index contributed by atoms with van der Waals surface area (Å²) < 4.78 is 6.47. The lowest BCUT2D eigenvalue weighted by Gasteiger charge is -2.22. The summed E-state index contributed by atoms with van der Waals surface area (Å²) in [5.41, 5.74) is 2.58. The highest BCUT2D eigenvalue weighted by molar-refractivity contribution is 5.49. The number of aliphatic hydroxyl groups excluding tert-OH is 2. The molecule has 0 radical (unpaired) electrons. The summed E-state index contributed by atoms with van der Waals surface area (Å²) in [6, 6.07) is 6.58. The van der Waals surface area contributed by atoms with Crippen molar-refractivity contribution in [2.45, 2.75) is 122 Å². The highest BCUT2D eigenvalue weighted by Gasteiger charge is 2.48. The van der Waals surface area contributed by atoms with E-state index in [1.165, 1.54) is 69.3 Å². The Morgan fingerprint density at radius 2 is 1.69 bits per heavy atom. The second-order valence-corrected chi connectivity index (χ2v) is 10.9. The van der Waals surface area contributed by atoms with Gasteiger partial charge in [-0.25, -0.2) is 0 Å². The molecule has 0 unspecified atom stereocenters. The first kappa shape index (κ1) is 28.2. The van der Waals surface area contributed by atoms with Gasteiger partial charge in [0.05, 0.1) is 12.2 Å². The van der Waals surface area contributed by atoms with E-state index in [-0.39, 0.29) is 17.9 Å². The van der Waals surface area contributed by atoms with E-state index in [1.54, 1.807) is 0 Å². The van der Waals surface area contributed by atoms with Crippen molar-refractivity contribution in [2.75, 3.05) is 19.6 Å². The zero-order valence-electron chi connectivity index (χ0n) is 22.6. The number of benzene rings is 1. The Hall–Kier alpha value is -1.36. The molecule has 2 aliphatic rings. The van der Waals surface area contributed by atoms with Crippen LogP contribution in [-0.2, 0) is 6.42 Å². The Morgan fingerprint density at radius 3 is 2.40 bits per heavy atom. The van der Waals surface area contributed by atoms with Crippen molar-refractivity contribution in [3.8, 4) is 5.75 Å². The van der Waals surface area contributed by atoms with Crippen LogP contribution in [0.4, 0.5) is 0 Å². The van der Waals surface area contributed by atoms with Crippen LogP contribution in [0.25, 0.3) is 0 Å². The van der Waals surface area contributed by atoms with Gasteiger partial charge in [0.1, 0.15) is 11.9 Å². The van der Waals surface area contributed by atoms with E-state index < -0.39 is 12.2 Å². The second-order valence-electron chi connectivity index (χ2n) is 10.9. The maximum Gasteiger partial charge on any atom is 0.126 e. The van der Waals surface area contributed by atoms with Crippen LogP contribution < -0.4 is 4.74 Å². The van der Waals surface area contributed by atoms with E-state index in [9.17, 15) is 10.2 Å². The van der Waals surface area contributed by atoms with Gasteiger partial charge in [0, 0.05) is 23.8 Å². The number of ether oxygens (including phenoxy) is 1. The maximum atomic E-state index is 10.7. The summed E-state index contributed by atoms with van der Waals surface area (Å²) in [5.74, 6) is 1.28. The molecule has 0 amide bonds. The molecule has 0 saturated heterocycles. The minimum Gasteiger partial charge on any atom is -0.489 e. The first-order chi connectivity index (χ1) is 17.1. The largest absolute Gasteiger partial charge is 0.489 e. The van der Waals surface area contributed by atoms with Crippen molar-refractivity contribution in [3.63, 3.8) is 0 Å². The standard InChI is InChI=1S/C31H51NO3/c1-4-7-10-16-25(33)18-19-26-28(34)23-29-30(26)27-17-13-15-24(31(27)35-29)14-11-12-22-32(20-8-5-2)21-9-6-3/h13,15,17-19,25-26,28-30,33-34H,4-12,14,16,20-23H2,1-3H3/b19-18+/t25-,26-,28+,29-,30-/m0/s1. The zero-order chi connectivity index (χ0) is 25.0. The third-order valence-electron chi connectivity index (χ3n) is 7.97. The number of unbranched alkanes of at least 4 members (excludes halogenated alkanes) is 5. The molecule has 0 bridgehead atoms. The van der Waals surface area contributed by atoms with Gasteiger partial charge in [0.15, 0.2) is 0 Å². The Balaban J connectivity index is 1.57. The van der Waals surface area contributed by atoms with Crippen LogP contribution in [0.2, 0.25) is 0 Å². The molecule has 1 aliphatic carbocycles. The number of aryl methyl sites for hydroxylation is 1. The quantitative estimate of drug-likeness (QED) is 0.192. The van der Waals surface area contributed by atoms with Crippen molar-refractivity contribution in [1.29, 1.82) is 0 Å². The average molecular weight is 486 g/mol. The maximum absolute atomic E-state index is 10.7. The highest BCUT2D eigenvalue weighted by Crippen LogP contribution is 2.52. The third-order valence-corrected chi connectivity index (χ3v) is 7.97. The smallest absolute Gasteiger partial charge is 0.126 e. The summed E-state index contributed by atoms with van der Waals surface area (Å²) >= 11 is 0. The number of fused-ring (bicyclic) bond motifs is 3. The fourth-order valence-corrected chi connectivity index (χ4v) is 5.87. The molecule has 35 heavy (non-hydrogen) atoms. The molecular weight excluding hydrogens is 434 g/mol. The minimum absolute atomic E-state index is 0.0167. The van der Waals surface area contributed by atoms with Crippen LogP contribution in [0.5, 0.6) is 5.75 Å². The number of aliphatic hydroxyl groups is 2. The lowest BCUT2D eigenvalue weighted by molar-refractivity contribution is 0.135. The van der Waals surface area contributed by atoms with E-state index >= 15 is 0 Å². The summed E-state index contributed by atoms with van der Waals surface area (Å²) in [7, 11) is 0. The van der Waals surface area contributed by atoms with Gasteiger partial charge < -0.3 is 19.8 Å². The number of hydrogen-bond acceptors (Lipinski definition) is 4. The van der Waals surface area contributed by atoms with E-state index in [0.717, 1.165) is 37.9 Å². The molecule has 1 heterocycles. The van der Waals surface area contributed by atoms with Crippen molar-refractivity contribution in [2.24, 2.45) is 5.92 Å². The first-order valence-corrected chi connectivity index (χ1v) is 14.6. The normalized spacial score (nSPS) is 24.2. The molecular formula is C31H51NO3. The zero-order valence-corrected chi connectivity index (χ0v) is 22.6. The van der Waals surface area contributed by atoms with Crippen LogP contribution in [-0.4, -0.2) is 53.1 Å². The molecule has 1 aromatic rings. The molecule has 2 N–H and O–H groups in total. The van der Waals surface area contributed by atoms with Crippen LogP contribution >= 0.6 is 0 Å². The molecule has 5 atom stereocenters. The summed E-state index contributed by atoms with van der Waals surface area (Å²) in [5, 5.41) is 21.1. The summed E-state index contributed by atoms with van der Waals surface area (Å²) in [4.78, 5) is 2.65. The minimum atomic E-state index is -0.421. The van der Waals surface area contributed by atoms with Gasteiger partial charge in [-0.05, 0) is 63.7 Å². The molecule has 1 saturated carbocycles. The van der Waals surface area contributed by atoms with E-state index in [2.05, 4.69) is 49.9 Å². The van der Waals surface area contributed by atoms with Crippen molar-refractivity contribution in [1.82, 2.24) is 4.90 Å². The molecule has 1 fully saturated rings. The number of rotatable bonds is 17. The van der Waals surface area contributed by atoms with Crippen LogP contribution in [0.3, 0.4) is 0 Å². The van der Waals surface area contributed by atoms with Gasteiger partial charge in [-0.1, -0.05) is 83.2 Å². The average Bonchev–Trinajstić information content (AvgIpc) is 3.36. The lowest BCUT2D eigenvalue weighted by Crippen LogP contribution is -2.27. The Labute approximate surface area is 214 Å². The molecule has 1 aliphatic heterocycles. The van der Waals surface area contributed by atoms with E-state index in [4.69, 9.17) is 4.74 Å². The van der Waals surface area contributed by atoms with Crippen molar-refractivity contribution in [3.05, 3.63) is 41.5 Å². The van der Waals surface area contributed by atoms with Gasteiger partial charge in [-0.2, -0.15) is 0 Å². The predicted molar refractivity (Wildman–Crippen MR) is 146 cm³/mol. The van der Waals surface area contributed by atoms with E-state index in [0.29, 0.717) is 6.42 Å². The highest BCUT2D eigenvalue weighted by atomic mass is 16.5. The fraction of sp³-hybridized carbons (Fsp3) is 0.742. The number of hydrogen-bond donors (Lipinski definition) is 2. The van der Waals surface area contributed by atoms with Gasteiger partial charge >= 0.3 is 0 Å². The number of para-hydroxylation sites is 1. The molecule has 0 aromatic heterocycles. The van der Waals surface area contributed by atoms with Crippen LogP contribution in [0, 0.1) is 5.92 Å². The third kappa shape index (κ3) is 8.06. The summed E-state index contributed by atoms with van der Waals surface area (Å²) in [6.07, 6.45) is 16.6. The molecule has 198 valence electrons. The Kier molecular flexibility index (Phi) is 12.1. The Morgan fingerprint density at radius 1 is 0.971 bits per heavy atom. The van der Waals surface area contributed by atoms with Gasteiger partial charge in [-0.3, -0.25) is 0 Å². The fourth-order valence-electron chi connectivity index (χ4n) is 5.87. The monoisotopic (exact) mass is 485 g/mol. The summed E-state index contributed by atoms with van der Waals surface area (Å²) in [6.45, 7) is 10.4. The molecule has 4 heteroatoms.